The van der Waals surface area contributed by atoms with Gasteiger partial charge in [-0.15, -0.1) is 0 Å². The predicted octanol–water partition coefficient (Wildman–Crippen LogP) is 4.14. The van der Waals surface area contributed by atoms with E-state index in [1.807, 2.05) is 11.0 Å². The number of rotatable bonds is 4. The van der Waals surface area contributed by atoms with Gasteiger partial charge in [0.1, 0.15) is 0 Å². The Morgan fingerprint density at radius 3 is 2.88 bits per heavy atom. The normalized spacial score (nSPS) is 17.3. The van der Waals surface area contributed by atoms with Crippen LogP contribution in [0, 0.1) is 6.92 Å². The molecule has 1 fully saturated rings. The maximum Gasteiger partial charge on any atom is 0.340 e. The lowest BCUT2D eigenvalue weighted by atomic mass is 10.00. The summed E-state index contributed by atoms with van der Waals surface area (Å²) in [5.74, 6) is -0.658. The molecule has 1 atom stereocenters. The van der Waals surface area contributed by atoms with E-state index in [0.29, 0.717) is 16.3 Å². The van der Waals surface area contributed by atoms with Gasteiger partial charge in [0.2, 0.25) is 0 Å². The van der Waals surface area contributed by atoms with Gasteiger partial charge in [0.15, 0.2) is 6.61 Å². The topological polar surface area (TPSA) is 59.5 Å². The highest BCUT2D eigenvalue weighted by molar-refractivity contribution is 6.31. The molecule has 2 heterocycles. The highest BCUT2D eigenvalue weighted by Gasteiger charge is 2.26. The smallest absolute Gasteiger partial charge is 0.340 e. The third-order valence-electron chi connectivity index (χ3n) is 4.93. The summed E-state index contributed by atoms with van der Waals surface area (Å²) < 4.78 is 5.29. The van der Waals surface area contributed by atoms with Crippen LogP contribution in [0.2, 0.25) is 5.02 Å². The first-order valence-electron chi connectivity index (χ1n) is 9.03. The molecule has 1 aliphatic rings. The second-order valence-corrected chi connectivity index (χ2v) is 7.12. The molecule has 5 nitrogen and oxygen atoms in total. The molecule has 2 aromatic rings. The zero-order valence-corrected chi connectivity index (χ0v) is 15.9. The number of carbonyl (C=O) groups is 2. The number of likely N-dealkylation sites (tertiary alicyclic amines) is 1. The number of aryl methyl sites for hydroxylation is 1. The van der Waals surface area contributed by atoms with E-state index in [2.05, 4.69) is 11.9 Å². The van der Waals surface area contributed by atoms with Crippen LogP contribution in [0.3, 0.4) is 0 Å². The molecule has 0 spiro atoms. The molecule has 1 saturated heterocycles. The molecule has 1 unspecified atom stereocenters. The Labute approximate surface area is 158 Å². The molecule has 0 N–H and O–H groups in total. The highest BCUT2D eigenvalue weighted by atomic mass is 35.5. The quantitative estimate of drug-likeness (QED) is 0.754. The Kier molecular flexibility index (Phi) is 5.77. The van der Waals surface area contributed by atoms with Crippen LogP contribution in [0.5, 0.6) is 0 Å². The molecule has 0 aliphatic carbocycles. The van der Waals surface area contributed by atoms with Crippen molar-refractivity contribution in [2.45, 2.75) is 45.6 Å². The molecule has 1 aliphatic heterocycles. The van der Waals surface area contributed by atoms with Crippen LogP contribution in [0.25, 0.3) is 10.9 Å². The van der Waals surface area contributed by atoms with Crippen molar-refractivity contribution in [3.05, 3.63) is 40.5 Å². The number of carbonyl (C=O) groups excluding carboxylic acids is 2. The van der Waals surface area contributed by atoms with Gasteiger partial charge >= 0.3 is 5.97 Å². The lowest BCUT2D eigenvalue weighted by Gasteiger charge is -2.35. The van der Waals surface area contributed by atoms with Crippen LogP contribution in [-0.2, 0) is 9.53 Å². The number of benzene rings is 1. The standard InChI is InChI=1S/C20H23ClN2O3/c1-3-16-6-4-5-9-23(16)19(24)12-26-20(25)17-11-14-10-15(21)7-8-18(14)22-13(17)2/h7-8,10-11,16H,3-6,9,12H2,1-2H3. The third-order valence-corrected chi connectivity index (χ3v) is 5.17. The minimum absolute atomic E-state index is 0.126. The van der Waals surface area contributed by atoms with Crippen LogP contribution < -0.4 is 0 Å². The molecule has 0 radical (unpaired) electrons. The number of esters is 1. The summed E-state index contributed by atoms with van der Waals surface area (Å²) in [6, 6.07) is 7.29. The summed E-state index contributed by atoms with van der Waals surface area (Å²) in [5.41, 5.74) is 1.69. The van der Waals surface area contributed by atoms with Crippen molar-refractivity contribution in [3.63, 3.8) is 0 Å². The predicted molar refractivity (Wildman–Crippen MR) is 101 cm³/mol. The Morgan fingerprint density at radius 1 is 1.31 bits per heavy atom. The number of ether oxygens (including phenoxy) is 1. The fraction of sp³-hybridized carbons (Fsp3) is 0.450. The van der Waals surface area contributed by atoms with Gasteiger partial charge < -0.3 is 9.64 Å². The van der Waals surface area contributed by atoms with E-state index in [1.54, 1.807) is 25.1 Å². The lowest BCUT2D eigenvalue weighted by molar-refractivity contribution is -0.138. The van der Waals surface area contributed by atoms with Crippen LogP contribution in [0.4, 0.5) is 0 Å². The number of hydrogen-bond donors (Lipinski definition) is 0. The summed E-state index contributed by atoms with van der Waals surface area (Å²) >= 11 is 6.01. The Morgan fingerprint density at radius 2 is 2.12 bits per heavy atom. The number of halogens is 1. The van der Waals surface area contributed by atoms with Crippen molar-refractivity contribution in [1.29, 1.82) is 0 Å². The van der Waals surface area contributed by atoms with E-state index in [-0.39, 0.29) is 18.6 Å². The second-order valence-electron chi connectivity index (χ2n) is 6.68. The monoisotopic (exact) mass is 374 g/mol. The van der Waals surface area contributed by atoms with Gasteiger partial charge in [0, 0.05) is 23.0 Å². The summed E-state index contributed by atoms with van der Waals surface area (Å²) in [4.78, 5) is 31.2. The first-order chi connectivity index (χ1) is 12.5. The maximum absolute atomic E-state index is 12.5. The van der Waals surface area contributed by atoms with Crippen molar-refractivity contribution < 1.29 is 14.3 Å². The molecule has 26 heavy (non-hydrogen) atoms. The molecular weight excluding hydrogens is 352 g/mol. The summed E-state index contributed by atoms with van der Waals surface area (Å²) in [5, 5.41) is 1.34. The maximum atomic E-state index is 12.5. The lowest BCUT2D eigenvalue weighted by Crippen LogP contribution is -2.45. The molecule has 1 aromatic carbocycles. The minimum atomic E-state index is -0.532. The van der Waals surface area contributed by atoms with E-state index in [0.717, 1.165) is 43.1 Å². The first kappa shape index (κ1) is 18.6. The van der Waals surface area contributed by atoms with Gasteiger partial charge in [0.25, 0.3) is 5.91 Å². The van der Waals surface area contributed by atoms with Crippen molar-refractivity contribution in [2.24, 2.45) is 0 Å². The number of nitrogens with zero attached hydrogens (tertiary/aromatic N) is 2. The fourth-order valence-electron chi connectivity index (χ4n) is 3.49. The molecule has 3 rings (SSSR count). The molecule has 138 valence electrons. The molecule has 6 heteroatoms. The molecule has 1 amide bonds. The zero-order chi connectivity index (χ0) is 18.7. The SMILES string of the molecule is CCC1CCCCN1C(=O)COC(=O)c1cc2cc(Cl)ccc2nc1C. The average molecular weight is 375 g/mol. The van der Waals surface area contributed by atoms with Crippen molar-refractivity contribution in [2.75, 3.05) is 13.2 Å². The Balaban J connectivity index is 1.70. The van der Waals surface area contributed by atoms with Crippen LogP contribution >= 0.6 is 11.6 Å². The number of pyridine rings is 1. The number of fused-ring (bicyclic) bond motifs is 1. The van der Waals surface area contributed by atoms with E-state index in [1.165, 1.54) is 0 Å². The molecule has 0 saturated carbocycles. The highest BCUT2D eigenvalue weighted by Crippen LogP contribution is 2.22. The summed E-state index contributed by atoms with van der Waals surface area (Å²) in [6.45, 7) is 4.34. The van der Waals surface area contributed by atoms with Crippen LogP contribution in [-0.4, -0.2) is 41.0 Å². The fourth-order valence-corrected chi connectivity index (χ4v) is 3.67. The Bertz CT molecular complexity index is 837. The minimum Gasteiger partial charge on any atom is -0.452 e. The van der Waals surface area contributed by atoms with Gasteiger partial charge in [-0.2, -0.15) is 0 Å². The van der Waals surface area contributed by atoms with Crippen molar-refractivity contribution >= 4 is 34.4 Å². The zero-order valence-electron chi connectivity index (χ0n) is 15.1. The van der Waals surface area contributed by atoms with Gasteiger partial charge in [-0.05, 0) is 56.9 Å². The van der Waals surface area contributed by atoms with Gasteiger partial charge in [-0.1, -0.05) is 18.5 Å². The van der Waals surface area contributed by atoms with Gasteiger partial charge in [-0.25, -0.2) is 4.79 Å². The summed E-state index contributed by atoms with van der Waals surface area (Å²) in [6.07, 6.45) is 4.09. The van der Waals surface area contributed by atoms with Crippen molar-refractivity contribution in [1.82, 2.24) is 9.88 Å². The number of amides is 1. The van der Waals surface area contributed by atoms with E-state index in [4.69, 9.17) is 16.3 Å². The van der Waals surface area contributed by atoms with Crippen LogP contribution in [0.1, 0.15) is 48.7 Å². The van der Waals surface area contributed by atoms with Gasteiger partial charge in [0.05, 0.1) is 16.8 Å². The number of hydrogen-bond acceptors (Lipinski definition) is 4. The van der Waals surface area contributed by atoms with E-state index >= 15 is 0 Å². The van der Waals surface area contributed by atoms with Crippen molar-refractivity contribution in [3.8, 4) is 0 Å². The third kappa shape index (κ3) is 3.98. The Hall–Kier alpha value is -2.14. The van der Waals surface area contributed by atoms with Gasteiger partial charge in [-0.3, -0.25) is 9.78 Å². The number of piperidine rings is 1. The van der Waals surface area contributed by atoms with Crippen LogP contribution in [0.15, 0.2) is 24.3 Å². The second kappa shape index (κ2) is 8.04. The van der Waals surface area contributed by atoms with E-state index < -0.39 is 5.97 Å². The molecule has 1 aromatic heterocycles. The molecular formula is C20H23ClN2O3. The summed E-state index contributed by atoms with van der Waals surface area (Å²) in [7, 11) is 0. The largest absolute Gasteiger partial charge is 0.452 e. The number of aromatic nitrogens is 1. The molecule has 0 bridgehead atoms. The first-order valence-corrected chi connectivity index (χ1v) is 9.41. The average Bonchev–Trinajstić information content (AvgIpc) is 2.65. The van der Waals surface area contributed by atoms with E-state index in [9.17, 15) is 9.59 Å².